The molecule has 104 valence electrons. The smallest absolute Gasteiger partial charge is 0.303 e. The number of hydrogen-bond donors (Lipinski definition) is 1. The summed E-state index contributed by atoms with van der Waals surface area (Å²) in [5.74, 6) is -0.939. The van der Waals surface area contributed by atoms with E-state index < -0.39 is 30.4 Å². The zero-order valence-electron chi connectivity index (χ0n) is 11.1. The molecule has 18 heavy (non-hydrogen) atoms. The number of aliphatic hydroxyl groups excluding tert-OH is 1. The van der Waals surface area contributed by atoms with Gasteiger partial charge in [0.1, 0.15) is 6.61 Å². The van der Waals surface area contributed by atoms with Crippen molar-refractivity contribution in [2.45, 2.75) is 46.2 Å². The fourth-order valence-electron chi connectivity index (χ4n) is 2.03. The molecule has 0 spiro atoms. The second-order valence-electron chi connectivity index (χ2n) is 4.66. The maximum absolute atomic E-state index is 10.9. The summed E-state index contributed by atoms with van der Waals surface area (Å²) in [5, 5.41) is 9.80. The molecule has 1 aliphatic rings. The maximum Gasteiger partial charge on any atom is 0.303 e. The molecule has 1 heterocycles. The van der Waals surface area contributed by atoms with Gasteiger partial charge in [-0.3, -0.25) is 9.59 Å². The van der Waals surface area contributed by atoms with Crippen molar-refractivity contribution in [3.8, 4) is 0 Å². The lowest BCUT2D eigenvalue weighted by Crippen LogP contribution is -2.52. The first-order valence-electron chi connectivity index (χ1n) is 5.97. The van der Waals surface area contributed by atoms with Gasteiger partial charge in [0.05, 0.1) is 6.10 Å². The first kappa shape index (κ1) is 14.9. The molecule has 0 saturated carbocycles. The van der Waals surface area contributed by atoms with Gasteiger partial charge < -0.3 is 19.3 Å². The molecule has 0 aromatic rings. The molecule has 0 aromatic carbocycles. The van der Waals surface area contributed by atoms with E-state index in [1.165, 1.54) is 13.8 Å². The van der Waals surface area contributed by atoms with E-state index >= 15 is 0 Å². The highest BCUT2D eigenvalue weighted by Crippen LogP contribution is 2.32. The lowest BCUT2D eigenvalue weighted by Gasteiger charge is -2.41. The highest BCUT2D eigenvalue weighted by Gasteiger charge is 2.42. The number of esters is 2. The summed E-state index contributed by atoms with van der Waals surface area (Å²) in [6.45, 7) is 6.46. The monoisotopic (exact) mass is 260 g/mol. The highest BCUT2D eigenvalue weighted by atomic mass is 16.7. The van der Waals surface area contributed by atoms with Crippen molar-refractivity contribution in [3.05, 3.63) is 0 Å². The molecular weight excluding hydrogens is 240 g/mol. The van der Waals surface area contributed by atoms with Gasteiger partial charge in [-0.15, -0.1) is 0 Å². The van der Waals surface area contributed by atoms with Crippen LogP contribution in [0.5, 0.6) is 0 Å². The van der Waals surface area contributed by atoms with Crippen molar-refractivity contribution in [1.29, 1.82) is 0 Å². The molecule has 0 unspecified atom stereocenters. The Bertz CT molecular complexity index is 314. The summed E-state index contributed by atoms with van der Waals surface area (Å²) < 4.78 is 15.3. The van der Waals surface area contributed by atoms with E-state index in [1.807, 2.05) is 13.8 Å². The Hall–Kier alpha value is -1.14. The van der Waals surface area contributed by atoms with Crippen molar-refractivity contribution < 1.29 is 28.9 Å². The summed E-state index contributed by atoms with van der Waals surface area (Å²) in [5.41, 5.74) is 0. The van der Waals surface area contributed by atoms with Gasteiger partial charge in [0.2, 0.25) is 0 Å². The van der Waals surface area contributed by atoms with E-state index in [1.54, 1.807) is 0 Å². The van der Waals surface area contributed by atoms with Crippen LogP contribution in [0.3, 0.4) is 0 Å². The van der Waals surface area contributed by atoms with Gasteiger partial charge in [0, 0.05) is 19.8 Å². The van der Waals surface area contributed by atoms with Gasteiger partial charge in [-0.2, -0.15) is 0 Å². The number of carbonyl (C=O) groups excluding carboxylic acids is 2. The Morgan fingerprint density at radius 3 is 2.28 bits per heavy atom. The molecule has 6 nitrogen and oxygen atoms in total. The molecule has 6 heteroatoms. The van der Waals surface area contributed by atoms with Crippen LogP contribution in [0.1, 0.15) is 27.7 Å². The van der Waals surface area contributed by atoms with E-state index in [-0.39, 0.29) is 18.4 Å². The molecule has 1 N–H and O–H groups in total. The molecule has 5 atom stereocenters. The Labute approximate surface area is 106 Å². The van der Waals surface area contributed by atoms with Crippen LogP contribution in [0.25, 0.3) is 0 Å². The lowest BCUT2D eigenvalue weighted by molar-refractivity contribution is -0.263. The van der Waals surface area contributed by atoms with E-state index in [9.17, 15) is 14.7 Å². The van der Waals surface area contributed by atoms with E-state index in [0.29, 0.717) is 0 Å². The van der Waals surface area contributed by atoms with Crippen LogP contribution >= 0.6 is 0 Å². The predicted molar refractivity (Wildman–Crippen MR) is 61.4 cm³/mol. The second kappa shape index (κ2) is 6.15. The fraction of sp³-hybridized carbons (Fsp3) is 0.833. The van der Waals surface area contributed by atoms with Crippen molar-refractivity contribution in [3.63, 3.8) is 0 Å². The Morgan fingerprint density at radius 1 is 1.17 bits per heavy atom. The Morgan fingerprint density at radius 2 is 1.78 bits per heavy atom. The summed E-state index contributed by atoms with van der Waals surface area (Å²) in [6, 6.07) is 0. The molecule has 1 saturated heterocycles. The van der Waals surface area contributed by atoms with Crippen molar-refractivity contribution in [2.24, 2.45) is 11.8 Å². The summed E-state index contributed by atoms with van der Waals surface area (Å²) in [6.07, 6.45) is -2.28. The number of hydrogen-bond acceptors (Lipinski definition) is 6. The number of ether oxygens (including phenoxy) is 3. The SMILES string of the molecule is CC(=O)OC[C@H]1O[C@@H](O)[C@H](OC(C)=O)[C@@H](C)[C@@H]1C. The quantitative estimate of drug-likeness (QED) is 0.743. The Kier molecular flexibility index (Phi) is 5.10. The molecule has 1 aliphatic heterocycles. The fourth-order valence-corrected chi connectivity index (χ4v) is 2.03. The minimum Gasteiger partial charge on any atom is -0.463 e. The average Bonchev–Trinajstić information content (AvgIpc) is 2.27. The van der Waals surface area contributed by atoms with Crippen LogP contribution in [0.4, 0.5) is 0 Å². The van der Waals surface area contributed by atoms with Gasteiger partial charge in [-0.1, -0.05) is 13.8 Å². The van der Waals surface area contributed by atoms with Crippen LogP contribution in [-0.4, -0.2) is 42.1 Å². The van der Waals surface area contributed by atoms with Gasteiger partial charge in [0.25, 0.3) is 0 Å². The van der Waals surface area contributed by atoms with E-state index in [4.69, 9.17) is 14.2 Å². The normalized spacial score (nSPS) is 35.9. The molecule has 0 radical (unpaired) electrons. The largest absolute Gasteiger partial charge is 0.463 e. The third-order valence-corrected chi connectivity index (χ3v) is 3.28. The van der Waals surface area contributed by atoms with Crippen LogP contribution in [0.2, 0.25) is 0 Å². The summed E-state index contributed by atoms with van der Waals surface area (Å²) in [4.78, 5) is 21.7. The zero-order chi connectivity index (χ0) is 13.9. The van der Waals surface area contributed by atoms with Crippen molar-refractivity contribution in [2.75, 3.05) is 6.61 Å². The van der Waals surface area contributed by atoms with E-state index in [0.717, 1.165) is 0 Å². The van der Waals surface area contributed by atoms with Crippen LogP contribution in [0, 0.1) is 11.8 Å². The minimum atomic E-state index is -1.19. The van der Waals surface area contributed by atoms with Crippen LogP contribution in [0.15, 0.2) is 0 Å². The van der Waals surface area contributed by atoms with Crippen molar-refractivity contribution in [1.82, 2.24) is 0 Å². The zero-order valence-corrected chi connectivity index (χ0v) is 11.1. The van der Waals surface area contributed by atoms with Gasteiger partial charge in [-0.05, 0) is 5.92 Å². The van der Waals surface area contributed by atoms with Crippen LogP contribution < -0.4 is 0 Å². The first-order chi connectivity index (χ1) is 8.32. The number of aliphatic hydroxyl groups is 1. The third kappa shape index (κ3) is 3.68. The molecule has 0 aromatic heterocycles. The highest BCUT2D eigenvalue weighted by molar-refractivity contribution is 5.66. The maximum atomic E-state index is 10.9. The predicted octanol–water partition coefficient (Wildman–Crippen LogP) is 0.471. The molecule has 0 amide bonds. The standard InChI is InChI=1S/C12H20O6/c1-6-7(2)11(17-9(4)14)12(15)18-10(6)5-16-8(3)13/h6-7,10-12,15H,5H2,1-4H3/t6-,7-,10+,11+,12+/m0/s1. The molecular formula is C12H20O6. The third-order valence-electron chi connectivity index (χ3n) is 3.28. The summed E-state index contributed by atoms with van der Waals surface area (Å²) in [7, 11) is 0. The van der Waals surface area contributed by atoms with E-state index in [2.05, 4.69) is 0 Å². The molecule has 0 bridgehead atoms. The number of rotatable bonds is 3. The number of carbonyl (C=O) groups is 2. The summed E-state index contributed by atoms with van der Waals surface area (Å²) >= 11 is 0. The second-order valence-corrected chi connectivity index (χ2v) is 4.66. The molecule has 1 fully saturated rings. The minimum absolute atomic E-state index is 0.00269. The molecule has 0 aliphatic carbocycles. The van der Waals surface area contributed by atoms with Crippen LogP contribution in [-0.2, 0) is 23.8 Å². The molecule has 1 rings (SSSR count). The first-order valence-corrected chi connectivity index (χ1v) is 5.97. The lowest BCUT2D eigenvalue weighted by atomic mass is 9.83. The Balaban J connectivity index is 2.64. The van der Waals surface area contributed by atoms with Gasteiger partial charge in [0.15, 0.2) is 12.4 Å². The average molecular weight is 260 g/mol. The topological polar surface area (TPSA) is 82.1 Å². The van der Waals surface area contributed by atoms with Crippen molar-refractivity contribution >= 4 is 11.9 Å². The van der Waals surface area contributed by atoms with Gasteiger partial charge >= 0.3 is 11.9 Å². The van der Waals surface area contributed by atoms with Gasteiger partial charge in [-0.25, -0.2) is 0 Å².